The highest BCUT2D eigenvalue weighted by molar-refractivity contribution is 8.00. The topological polar surface area (TPSA) is 63.1 Å². The van der Waals surface area contributed by atoms with E-state index >= 15 is 0 Å². The van der Waals surface area contributed by atoms with Gasteiger partial charge in [0.25, 0.3) is 5.91 Å². The number of aryl methyl sites for hydroxylation is 2. The van der Waals surface area contributed by atoms with Crippen LogP contribution in [0.2, 0.25) is 0 Å². The predicted octanol–water partition coefficient (Wildman–Crippen LogP) is 4.39. The minimum atomic E-state index is -0.183. The number of hydrogen-bond donors (Lipinski definition) is 2. The van der Waals surface area contributed by atoms with E-state index in [9.17, 15) is 9.59 Å². The summed E-state index contributed by atoms with van der Waals surface area (Å²) in [5.74, 6) is 0.213. The third-order valence-corrected chi connectivity index (χ3v) is 5.60. The van der Waals surface area contributed by atoms with E-state index in [1.165, 1.54) is 11.8 Å². The third kappa shape index (κ3) is 3.48. The molecule has 1 aromatic heterocycles. The average Bonchev–Trinajstić information content (AvgIpc) is 3.00. The summed E-state index contributed by atoms with van der Waals surface area (Å²) in [6.07, 6.45) is 0. The lowest BCUT2D eigenvalue weighted by Crippen LogP contribution is -2.19. The molecule has 0 bridgehead atoms. The lowest BCUT2D eigenvalue weighted by Gasteiger charge is -2.17. The van der Waals surface area contributed by atoms with E-state index in [0.717, 1.165) is 27.7 Å². The van der Waals surface area contributed by atoms with Crippen molar-refractivity contribution in [1.29, 1.82) is 0 Å². The Morgan fingerprint density at radius 3 is 2.44 bits per heavy atom. The van der Waals surface area contributed by atoms with Gasteiger partial charge in [-0.2, -0.15) is 0 Å². The Labute approximate surface area is 161 Å². The molecule has 1 aliphatic heterocycles. The van der Waals surface area contributed by atoms with Crippen LogP contribution in [-0.2, 0) is 4.79 Å². The maximum atomic E-state index is 12.6. The van der Waals surface area contributed by atoms with E-state index < -0.39 is 0 Å². The zero-order chi connectivity index (χ0) is 19.0. The van der Waals surface area contributed by atoms with Crippen LogP contribution in [0.25, 0.3) is 5.69 Å². The van der Waals surface area contributed by atoms with E-state index in [0.29, 0.717) is 17.0 Å². The first-order valence-corrected chi connectivity index (χ1v) is 9.63. The molecule has 0 spiro atoms. The fourth-order valence-electron chi connectivity index (χ4n) is 3.20. The number of carbonyl (C=O) groups excluding carboxylic acids is 2. The van der Waals surface area contributed by atoms with Crippen molar-refractivity contribution in [2.45, 2.75) is 18.7 Å². The number of carbonyl (C=O) groups is 2. The summed E-state index contributed by atoms with van der Waals surface area (Å²) >= 11 is 1.50. The first-order valence-electron chi connectivity index (χ1n) is 8.65. The summed E-state index contributed by atoms with van der Waals surface area (Å²) in [6.45, 7) is 4.11. The maximum absolute atomic E-state index is 12.6. The lowest BCUT2D eigenvalue weighted by molar-refractivity contribution is -0.113. The zero-order valence-corrected chi connectivity index (χ0v) is 15.9. The summed E-state index contributed by atoms with van der Waals surface area (Å²) < 4.78 is 2.14. The van der Waals surface area contributed by atoms with Gasteiger partial charge in [0.15, 0.2) is 0 Å². The van der Waals surface area contributed by atoms with Crippen molar-refractivity contribution < 1.29 is 9.59 Å². The first-order chi connectivity index (χ1) is 13.0. The molecule has 0 saturated heterocycles. The van der Waals surface area contributed by atoms with Gasteiger partial charge in [0.1, 0.15) is 0 Å². The van der Waals surface area contributed by atoms with E-state index in [1.54, 1.807) is 6.07 Å². The van der Waals surface area contributed by atoms with Crippen molar-refractivity contribution in [3.8, 4) is 5.69 Å². The number of anilines is 2. The monoisotopic (exact) mass is 377 g/mol. The van der Waals surface area contributed by atoms with E-state index in [-0.39, 0.29) is 11.8 Å². The average molecular weight is 377 g/mol. The van der Waals surface area contributed by atoms with E-state index in [2.05, 4.69) is 41.2 Å². The molecule has 0 radical (unpaired) electrons. The minimum Gasteiger partial charge on any atom is -0.324 e. The number of benzene rings is 2. The Morgan fingerprint density at radius 1 is 1.04 bits per heavy atom. The molecule has 6 heteroatoms. The molecule has 2 aromatic carbocycles. The fraction of sp³-hybridized carbons (Fsp3) is 0.143. The molecule has 4 rings (SSSR count). The molecule has 2 N–H and O–H groups in total. The SMILES string of the molecule is Cc1ccc(C)n1-c1ccc(C(=O)Nc2ccc3c(c2)NC(=O)CS3)cc1. The molecule has 0 saturated carbocycles. The Bertz CT molecular complexity index is 1020. The minimum absolute atomic E-state index is 0.0258. The number of thioether (sulfide) groups is 1. The third-order valence-electron chi connectivity index (χ3n) is 4.53. The van der Waals surface area contributed by atoms with Gasteiger partial charge >= 0.3 is 0 Å². The smallest absolute Gasteiger partial charge is 0.255 e. The molecule has 27 heavy (non-hydrogen) atoms. The standard InChI is InChI=1S/C21H19N3O2S/c1-13-3-4-14(2)24(13)17-8-5-15(6-9-17)21(26)22-16-7-10-19-18(11-16)23-20(25)12-27-19/h3-11H,12H2,1-2H3,(H,22,26)(H,23,25). The molecular formula is C21H19N3O2S. The normalized spacial score (nSPS) is 13.0. The maximum Gasteiger partial charge on any atom is 0.255 e. The Morgan fingerprint density at radius 2 is 1.74 bits per heavy atom. The predicted molar refractivity (Wildman–Crippen MR) is 109 cm³/mol. The van der Waals surface area contributed by atoms with Crippen molar-refractivity contribution in [3.63, 3.8) is 0 Å². The molecule has 0 unspecified atom stereocenters. The van der Waals surface area contributed by atoms with Gasteiger partial charge < -0.3 is 15.2 Å². The molecule has 0 aliphatic carbocycles. The lowest BCUT2D eigenvalue weighted by atomic mass is 10.1. The van der Waals surface area contributed by atoms with Crippen LogP contribution in [-0.4, -0.2) is 22.1 Å². The highest BCUT2D eigenvalue weighted by Crippen LogP contribution is 2.33. The Balaban J connectivity index is 1.52. The fourth-order valence-corrected chi connectivity index (χ4v) is 3.99. The second kappa shape index (κ2) is 6.96. The highest BCUT2D eigenvalue weighted by Gasteiger charge is 2.16. The molecule has 136 valence electrons. The zero-order valence-electron chi connectivity index (χ0n) is 15.1. The molecule has 1 aliphatic rings. The Hall–Kier alpha value is -2.99. The van der Waals surface area contributed by atoms with Crippen LogP contribution in [0.4, 0.5) is 11.4 Å². The number of hydrogen-bond acceptors (Lipinski definition) is 3. The van der Waals surface area contributed by atoms with E-state index in [1.807, 2.05) is 36.4 Å². The van der Waals surface area contributed by atoms with Crippen molar-refractivity contribution in [2.75, 3.05) is 16.4 Å². The molecule has 5 nitrogen and oxygen atoms in total. The molecule has 2 amide bonds. The number of nitrogens with zero attached hydrogens (tertiary/aromatic N) is 1. The van der Waals surface area contributed by atoms with Crippen LogP contribution in [0.3, 0.4) is 0 Å². The molecule has 3 aromatic rings. The van der Waals surface area contributed by atoms with Gasteiger partial charge in [-0.3, -0.25) is 9.59 Å². The number of nitrogens with one attached hydrogen (secondary N) is 2. The second-order valence-corrected chi connectivity index (χ2v) is 7.52. The summed E-state index contributed by atoms with van der Waals surface area (Å²) in [5.41, 5.74) is 5.31. The number of aromatic nitrogens is 1. The highest BCUT2D eigenvalue weighted by atomic mass is 32.2. The van der Waals surface area contributed by atoms with Gasteiger partial charge in [0, 0.05) is 33.2 Å². The number of amides is 2. The summed E-state index contributed by atoms with van der Waals surface area (Å²) in [6, 6.07) is 17.2. The molecule has 0 fully saturated rings. The summed E-state index contributed by atoms with van der Waals surface area (Å²) in [5, 5.41) is 5.73. The van der Waals surface area contributed by atoms with Crippen LogP contribution in [0.5, 0.6) is 0 Å². The van der Waals surface area contributed by atoms with Gasteiger partial charge in [0.05, 0.1) is 11.4 Å². The van der Waals surface area contributed by atoms with Gasteiger partial charge in [-0.05, 0) is 68.4 Å². The van der Waals surface area contributed by atoms with Crippen molar-refractivity contribution in [2.24, 2.45) is 0 Å². The van der Waals surface area contributed by atoms with Crippen LogP contribution >= 0.6 is 11.8 Å². The van der Waals surface area contributed by atoms with Gasteiger partial charge in [-0.15, -0.1) is 11.8 Å². The summed E-state index contributed by atoms with van der Waals surface area (Å²) in [7, 11) is 0. The molecule has 2 heterocycles. The van der Waals surface area contributed by atoms with Crippen LogP contribution in [0.15, 0.2) is 59.5 Å². The van der Waals surface area contributed by atoms with Crippen molar-refractivity contribution >= 4 is 35.0 Å². The Kier molecular flexibility index (Phi) is 4.49. The van der Waals surface area contributed by atoms with E-state index in [4.69, 9.17) is 0 Å². The largest absolute Gasteiger partial charge is 0.324 e. The first kappa shape index (κ1) is 17.4. The molecule has 0 atom stereocenters. The van der Waals surface area contributed by atoms with Gasteiger partial charge in [-0.25, -0.2) is 0 Å². The van der Waals surface area contributed by atoms with Crippen LogP contribution < -0.4 is 10.6 Å². The quantitative estimate of drug-likeness (QED) is 0.711. The number of rotatable bonds is 3. The van der Waals surface area contributed by atoms with Gasteiger partial charge in [-0.1, -0.05) is 0 Å². The van der Waals surface area contributed by atoms with Gasteiger partial charge in [0.2, 0.25) is 5.91 Å². The van der Waals surface area contributed by atoms with Crippen LogP contribution in [0, 0.1) is 13.8 Å². The summed E-state index contributed by atoms with van der Waals surface area (Å²) in [4.78, 5) is 25.1. The molecular weight excluding hydrogens is 358 g/mol. The van der Waals surface area contributed by atoms with Crippen LogP contribution in [0.1, 0.15) is 21.7 Å². The number of fused-ring (bicyclic) bond motifs is 1. The second-order valence-electron chi connectivity index (χ2n) is 6.50. The van der Waals surface area contributed by atoms with Crippen molar-refractivity contribution in [1.82, 2.24) is 4.57 Å². The van der Waals surface area contributed by atoms with Crippen molar-refractivity contribution in [3.05, 3.63) is 71.5 Å².